The molecule has 0 aliphatic rings. The van der Waals surface area contributed by atoms with E-state index in [-0.39, 0.29) is 5.92 Å². The van der Waals surface area contributed by atoms with Gasteiger partial charge in [0.1, 0.15) is 0 Å². The molecule has 102 valence electrons. The second-order valence-electron chi connectivity index (χ2n) is 4.62. The summed E-state index contributed by atoms with van der Waals surface area (Å²) in [6.07, 6.45) is 0. The molecule has 0 saturated carbocycles. The lowest BCUT2D eigenvalue weighted by Crippen LogP contribution is -2.18. The average molecular weight is 268 g/mol. The highest BCUT2D eigenvalue weighted by atomic mass is 16.1. The minimum Gasteiger partial charge on any atom is -0.366 e. The maximum absolute atomic E-state index is 11.5. The van der Waals surface area contributed by atoms with Crippen LogP contribution in [0.1, 0.15) is 44.7 Å². The average Bonchev–Trinajstić information content (AvgIpc) is 2.46. The molecule has 2 aromatic rings. The predicted molar refractivity (Wildman–Crippen MR) is 77.4 cm³/mol. The van der Waals surface area contributed by atoms with E-state index in [0.29, 0.717) is 11.1 Å². The molecule has 0 aromatic heterocycles. The van der Waals surface area contributed by atoms with Gasteiger partial charge in [-0.1, -0.05) is 43.3 Å². The Morgan fingerprint density at radius 2 is 1.15 bits per heavy atom. The second kappa shape index (κ2) is 5.57. The van der Waals surface area contributed by atoms with Crippen LogP contribution in [0.2, 0.25) is 0 Å². The summed E-state index contributed by atoms with van der Waals surface area (Å²) in [5.41, 5.74) is 13.3. The molecule has 0 atom stereocenters. The summed E-state index contributed by atoms with van der Waals surface area (Å²) in [5, 5.41) is 0. The molecule has 2 rings (SSSR count). The van der Waals surface area contributed by atoms with E-state index in [1.807, 2.05) is 31.2 Å². The van der Waals surface area contributed by atoms with E-state index in [0.717, 1.165) is 11.1 Å². The van der Waals surface area contributed by atoms with Gasteiger partial charge in [-0.2, -0.15) is 0 Å². The van der Waals surface area contributed by atoms with Crippen molar-refractivity contribution in [3.63, 3.8) is 0 Å². The first kappa shape index (κ1) is 13.8. The largest absolute Gasteiger partial charge is 0.366 e. The number of hydrogen-bond donors (Lipinski definition) is 2. The molecule has 0 unspecified atom stereocenters. The van der Waals surface area contributed by atoms with E-state index in [9.17, 15) is 9.59 Å². The first-order valence-corrected chi connectivity index (χ1v) is 6.29. The van der Waals surface area contributed by atoms with Crippen LogP contribution in [-0.2, 0) is 0 Å². The fourth-order valence-corrected chi connectivity index (χ4v) is 2.37. The lowest BCUT2D eigenvalue weighted by Gasteiger charge is -2.17. The Bertz CT molecular complexity index is 608. The van der Waals surface area contributed by atoms with Crippen LogP contribution < -0.4 is 11.5 Å². The maximum Gasteiger partial charge on any atom is 0.248 e. The van der Waals surface area contributed by atoms with Gasteiger partial charge in [-0.25, -0.2) is 0 Å². The molecule has 4 heteroatoms. The minimum absolute atomic E-state index is 0.151. The van der Waals surface area contributed by atoms with Gasteiger partial charge >= 0.3 is 0 Å². The normalized spacial score (nSPS) is 10.5. The van der Waals surface area contributed by atoms with Gasteiger partial charge in [0, 0.05) is 17.0 Å². The Labute approximate surface area is 117 Å². The van der Waals surface area contributed by atoms with Crippen LogP contribution in [0.3, 0.4) is 0 Å². The number of carbonyl (C=O) groups excluding carboxylic acids is 2. The molecule has 0 radical (unpaired) electrons. The summed E-state index contributed by atoms with van der Waals surface area (Å²) < 4.78 is 0. The zero-order chi connectivity index (χ0) is 14.7. The maximum atomic E-state index is 11.5. The predicted octanol–water partition coefficient (Wildman–Crippen LogP) is 2.04. The molecular formula is C16H16N2O2. The van der Waals surface area contributed by atoms with Gasteiger partial charge < -0.3 is 11.5 Å². The summed E-state index contributed by atoms with van der Waals surface area (Å²) >= 11 is 0. The minimum atomic E-state index is -0.482. The molecule has 0 heterocycles. The van der Waals surface area contributed by atoms with Crippen molar-refractivity contribution in [2.75, 3.05) is 0 Å². The molecule has 4 nitrogen and oxygen atoms in total. The molecule has 0 saturated heterocycles. The van der Waals surface area contributed by atoms with Crippen molar-refractivity contribution < 1.29 is 9.59 Å². The first-order chi connectivity index (χ1) is 9.52. The Kier molecular flexibility index (Phi) is 3.84. The van der Waals surface area contributed by atoms with E-state index in [1.54, 1.807) is 24.3 Å². The van der Waals surface area contributed by atoms with Crippen molar-refractivity contribution in [2.24, 2.45) is 11.5 Å². The summed E-state index contributed by atoms with van der Waals surface area (Å²) in [4.78, 5) is 23.0. The van der Waals surface area contributed by atoms with E-state index in [4.69, 9.17) is 11.5 Å². The van der Waals surface area contributed by atoms with Gasteiger partial charge in [0.2, 0.25) is 11.8 Å². The van der Waals surface area contributed by atoms with E-state index in [1.165, 1.54) is 0 Å². The summed E-state index contributed by atoms with van der Waals surface area (Å²) in [6.45, 7) is 1.92. The summed E-state index contributed by atoms with van der Waals surface area (Å²) in [5.74, 6) is -1.12. The van der Waals surface area contributed by atoms with Gasteiger partial charge in [-0.15, -0.1) is 0 Å². The summed E-state index contributed by atoms with van der Waals surface area (Å²) in [6, 6.07) is 14.2. The van der Waals surface area contributed by atoms with Crippen LogP contribution in [-0.4, -0.2) is 11.8 Å². The van der Waals surface area contributed by atoms with E-state index >= 15 is 0 Å². The molecule has 20 heavy (non-hydrogen) atoms. The molecule has 0 aliphatic carbocycles. The Hall–Kier alpha value is -2.62. The monoisotopic (exact) mass is 268 g/mol. The standard InChI is InChI=1S/C16H16N2O2/c1-10(11-6-2-4-8-13(11)15(17)19)12-7-3-5-9-14(12)16(18)20/h2-10H,1H3,(H2,17,19)(H2,18,20). The quantitative estimate of drug-likeness (QED) is 0.889. The summed E-state index contributed by atoms with van der Waals surface area (Å²) in [7, 11) is 0. The molecule has 0 bridgehead atoms. The fraction of sp³-hybridized carbons (Fsp3) is 0.125. The topological polar surface area (TPSA) is 86.2 Å². The molecule has 0 spiro atoms. The van der Waals surface area contributed by atoms with Gasteiger partial charge in [-0.05, 0) is 23.3 Å². The number of primary amides is 2. The smallest absolute Gasteiger partial charge is 0.248 e. The van der Waals surface area contributed by atoms with Crippen LogP contribution >= 0.6 is 0 Å². The molecule has 0 aliphatic heterocycles. The lowest BCUT2D eigenvalue weighted by molar-refractivity contribution is 0.0992. The highest BCUT2D eigenvalue weighted by molar-refractivity contribution is 5.96. The highest BCUT2D eigenvalue weighted by Gasteiger charge is 2.19. The van der Waals surface area contributed by atoms with Gasteiger partial charge in [0.15, 0.2) is 0 Å². The third-order valence-electron chi connectivity index (χ3n) is 3.39. The molecular weight excluding hydrogens is 252 g/mol. The molecule has 2 amide bonds. The lowest BCUT2D eigenvalue weighted by atomic mass is 9.86. The number of benzene rings is 2. The van der Waals surface area contributed by atoms with Crippen molar-refractivity contribution >= 4 is 11.8 Å². The van der Waals surface area contributed by atoms with Crippen molar-refractivity contribution in [3.8, 4) is 0 Å². The van der Waals surface area contributed by atoms with Crippen LogP contribution in [0.15, 0.2) is 48.5 Å². The molecule has 0 fully saturated rings. The van der Waals surface area contributed by atoms with Crippen LogP contribution in [0.4, 0.5) is 0 Å². The Morgan fingerprint density at radius 1 is 0.800 bits per heavy atom. The van der Waals surface area contributed by atoms with Crippen molar-refractivity contribution in [3.05, 3.63) is 70.8 Å². The number of nitrogens with two attached hydrogens (primary N) is 2. The van der Waals surface area contributed by atoms with Crippen LogP contribution in [0.5, 0.6) is 0 Å². The van der Waals surface area contributed by atoms with Crippen LogP contribution in [0, 0.1) is 0 Å². The van der Waals surface area contributed by atoms with E-state index < -0.39 is 11.8 Å². The zero-order valence-corrected chi connectivity index (χ0v) is 11.2. The Balaban J connectivity index is 2.55. The molecule has 2 aromatic carbocycles. The van der Waals surface area contributed by atoms with Crippen molar-refractivity contribution in [1.29, 1.82) is 0 Å². The highest BCUT2D eigenvalue weighted by Crippen LogP contribution is 2.29. The molecule has 4 N–H and O–H groups in total. The fourth-order valence-electron chi connectivity index (χ4n) is 2.37. The number of carbonyl (C=O) groups is 2. The Morgan fingerprint density at radius 3 is 1.50 bits per heavy atom. The van der Waals surface area contributed by atoms with Gasteiger partial charge in [0.05, 0.1) is 0 Å². The SMILES string of the molecule is CC(c1ccccc1C(N)=O)c1ccccc1C(N)=O. The third-order valence-corrected chi connectivity index (χ3v) is 3.39. The van der Waals surface area contributed by atoms with Crippen molar-refractivity contribution in [1.82, 2.24) is 0 Å². The van der Waals surface area contributed by atoms with Gasteiger partial charge in [0.25, 0.3) is 0 Å². The number of rotatable bonds is 4. The number of hydrogen-bond acceptors (Lipinski definition) is 2. The van der Waals surface area contributed by atoms with Crippen LogP contribution in [0.25, 0.3) is 0 Å². The van der Waals surface area contributed by atoms with Gasteiger partial charge in [-0.3, -0.25) is 9.59 Å². The first-order valence-electron chi connectivity index (χ1n) is 6.29. The van der Waals surface area contributed by atoms with E-state index in [2.05, 4.69) is 0 Å². The number of amides is 2. The zero-order valence-electron chi connectivity index (χ0n) is 11.2. The second-order valence-corrected chi connectivity index (χ2v) is 4.62. The third kappa shape index (κ3) is 2.54. The van der Waals surface area contributed by atoms with Crippen molar-refractivity contribution in [2.45, 2.75) is 12.8 Å².